The first-order valence-electron chi connectivity index (χ1n) is 12.0. The van der Waals surface area contributed by atoms with Crippen molar-refractivity contribution < 1.29 is 18.7 Å². The lowest BCUT2D eigenvalue weighted by Gasteiger charge is -2.42. The Hall–Kier alpha value is -2.64. The standard InChI is InChI=1S/C27H33ClFN3O3/c1-17-22-14-20(28)15-23(24(22)31-30-17)18(2)34-16-27(19-6-8-21(29)9-7-19)10-12-32(13-11-27)25(33)35-26(3,4)5/h6-9,14-15,18H,10-13,16H2,1-5H3,(H,30,31). The molecule has 0 radical (unpaired) electrons. The van der Waals surface area contributed by atoms with Crippen molar-refractivity contribution in [1.82, 2.24) is 15.1 Å². The minimum Gasteiger partial charge on any atom is -0.444 e. The fraction of sp³-hybridized carbons (Fsp3) is 0.481. The van der Waals surface area contributed by atoms with Crippen LogP contribution in [0.2, 0.25) is 5.02 Å². The number of aryl methyl sites for hydroxylation is 1. The van der Waals surface area contributed by atoms with Crippen LogP contribution >= 0.6 is 11.6 Å². The molecule has 1 aromatic heterocycles. The highest BCUT2D eigenvalue weighted by Gasteiger charge is 2.39. The van der Waals surface area contributed by atoms with Gasteiger partial charge in [-0.15, -0.1) is 0 Å². The number of benzene rings is 2. The number of aromatic amines is 1. The molecular formula is C27H33ClFN3O3. The van der Waals surface area contributed by atoms with E-state index in [0.717, 1.165) is 27.7 Å². The molecule has 8 heteroatoms. The molecule has 1 N–H and O–H groups in total. The van der Waals surface area contributed by atoms with Gasteiger partial charge < -0.3 is 14.4 Å². The van der Waals surface area contributed by atoms with Crippen LogP contribution in [0, 0.1) is 12.7 Å². The first-order chi connectivity index (χ1) is 16.5. The average molecular weight is 502 g/mol. The van der Waals surface area contributed by atoms with Crippen LogP contribution in [0.25, 0.3) is 10.9 Å². The quantitative estimate of drug-likeness (QED) is 0.422. The van der Waals surface area contributed by atoms with Crippen molar-refractivity contribution in [3.63, 3.8) is 0 Å². The Balaban J connectivity index is 1.55. The van der Waals surface area contributed by atoms with Crippen LogP contribution in [-0.2, 0) is 14.9 Å². The van der Waals surface area contributed by atoms with Crippen LogP contribution in [0.15, 0.2) is 36.4 Å². The van der Waals surface area contributed by atoms with Crippen LogP contribution < -0.4 is 0 Å². The molecule has 1 unspecified atom stereocenters. The SMILES string of the molecule is Cc1[nH]nc2c(C(C)OCC3(c4ccc(F)cc4)CCN(C(=O)OC(C)(C)C)CC3)cc(Cl)cc12. The van der Waals surface area contributed by atoms with Gasteiger partial charge in [0.25, 0.3) is 0 Å². The van der Waals surface area contributed by atoms with Crippen LogP contribution in [-0.4, -0.2) is 46.5 Å². The molecule has 35 heavy (non-hydrogen) atoms. The second kappa shape index (κ2) is 9.78. The largest absolute Gasteiger partial charge is 0.444 e. The number of hydrogen-bond acceptors (Lipinski definition) is 4. The summed E-state index contributed by atoms with van der Waals surface area (Å²) in [6.07, 6.45) is 0.781. The maximum Gasteiger partial charge on any atom is 0.410 e. The van der Waals surface area contributed by atoms with Gasteiger partial charge in [-0.1, -0.05) is 23.7 Å². The third-order valence-corrected chi connectivity index (χ3v) is 6.94. The first kappa shape index (κ1) is 25.5. The van der Waals surface area contributed by atoms with Crippen molar-refractivity contribution in [1.29, 1.82) is 0 Å². The molecule has 2 aromatic carbocycles. The van der Waals surface area contributed by atoms with E-state index < -0.39 is 5.60 Å². The lowest BCUT2D eigenvalue weighted by Crippen LogP contribution is -2.48. The van der Waals surface area contributed by atoms with Gasteiger partial charge in [0, 0.05) is 40.2 Å². The molecule has 1 fully saturated rings. The smallest absolute Gasteiger partial charge is 0.410 e. The number of carbonyl (C=O) groups excluding carboxylic acids is 1. The topological polar surface area (TPSA) is 67.5 Å². The summed E-state index contributed by atoms with van der Waals surface area (Å²) in [6, 6.07) is 10.4. The summed E-state index contributed by atoms with van der Waals surface area (Å²) in [5, 5.41) is 9.09. The van der Waals surface area contributed by atoms with Crippen molar-refractivity contribution in [3.05, 3.63) is 64.1 Å². The van der Waals surface area contributed by atoms with Gasteiger partial charge in [0.1, 0.15) is 11.4 Å². The fourth-order valence-electron chi connectivity index (χ4n) is 4.68. The zero-order chi connectivity index (χ0) is 25.4. The molecular weight excluding hydrogens is 469 g/mol. The number of H-pyrrole nitrogens is 1. The van der Waals surface area contributed by atoms with Gasteiger partial charge in [-0.2, -0.15) is 5.10 Å². The number of hydrogen-bond donors (Lipinski definition) is 1. The number of nitrogens with zero attached hydrogens (tertiary/aromatic N) is 2. The van der Waals surface area contributed by atoms with Gasteiger partial charge in [-0.25, -0.2) is 9.18 Å². The number of nitrogens with one attached hydrogen (secondary N) is 1. The number of carbonyl (C=O) groups is 1. The number of ether oxygens (including phenoxy) is 2. The number of likely N-dealkylation sites (tertiary alicyclic amines) is 1. The Morgan fingerprint density at radius 1 is 1.23 bits per heavy atom. The number of halogens is 2. The van der Waals surface area contributed by atoms with Gasteiger partial charge >= 0.3 is 6.09 Å². The predicted molar refractivity (Wildman–Crippen MR) is 135 cm³/mol. The molecule has 1 atom stereocenters. The van der Waals surface area contributed by atoms with Crippen molar-refractivity contribution >= 4 is 28.6 Å². The number of fused-ring (bicyclic) bond motifs is 1. The van der Waals surface area contributed by atoms with E-state index in [1.807, 2.05) is 58.9 Å². The molecule has 0 bridgehead atoms. The van der Waals surface area contributed by atoms with E-state index in [1.54, 1.807) is 4.90 Å². The normalized spacial score (nSPS) is 16.9. The molecule has 3 aromatic rings. The summed E-state index contributed by atoms with van der Waals surface area (Å²) in [5.41, 5.74) is 2.80. The molecule has 4 rings (SSSR count). The molecule has 0 spiro atoms. The van der Waals surface area contributed by atoms with Gasteiger partial charge in [0.05, 0.1) is 18.2 Å². The Kier molecular flexibility index (Phi) is 7.11. The lowest BCUT2D eigenvalue weighted by molar-refractivity contribution is -0.00933. The Bertz CT molecular complexity index is 1190. The van der Waals surface area contributed by atoms with E-state index in [1.165, 1.54) is 12.1 Å². The first-order valence-corrected chi connectivity index (χ1v) is 12.3. The molecule has 2 heterocycles. The van der Waals surface area contributed by atoms with E-state index in [4.69, 9.17) is 21.1 Å². The van der Waals surface area contributed by atoms with E-state index in [9.17, 15) is 9.18 Å². The second-order valence-corrected chi connectivity index (χ2v) is 10.9. The molecule has 188 valence electrons. The highest BCUT2D eigenvalue weighted by molar-refractivity contribution is 6.31. The highest BCUT2D eigenvalue weighted by atomic mass is 35.5. The van der Waals surface area contributed by atoms with E-state index in [-0.39, 0.29) is 23.4 Å². The molecule has 1 aliphatic heterocycles. The zero-order valence-corrected chi connectivity index (χ0v) is 21.7. The van der Waals surface area contributed by atoms with E-state index in [2.05, 4.69) is 10.2 Å². The number of aromatic nitrogens is 2. The van der Waals surface area contributed by atoms with E-state index in [0.29, 0.717) is 37.6 Å². The second-order valence-electron chi connectivity index (χ2n) is 10.4. The molecule has 6 nitrogen and oxygen atoms in total. The van der Waals surface area contributed by atoms with Crippen molar-refractivity contribution in [3.8, 4) is 0 Å². The third kappa shape index (κ3) is 5.62. The molecule has 0 saturated carbocycles. The minimum absolute atomic E-state index is 0.264. The highest BCUT2D eigenvalue weighted by Crippen LogP contribution is 2.39. The van der Waals surface area contributed by atoms with Gasteiger partial charge in [0.15, 0.2) is 0 Å². The number of rotatable bonds is 5. The third-order valence-electron chi connectivity index (χ3n) is 6.72. The van der Waals surface area contributed by atoms with E-state index >= 15 is 0 Å². The Labute approximate surface area is 210 Å². The molecule has 0 aliphatic carbocycles. The predicted octanol–water partition coefficient (Wildman–Crippen LogP) is 6.71. The van der Waals surface area contributed by atoms with Crippen LogP contribution in [0.3, 0.4) is 0 Å². The summed E-state index contributed by atoms with van der Waals surface area (Å²) in [4.78, 5) is 14.4. The maximum absolute atomic E-state index is 13.7. The van der Waals surface area contributed by atoms with Crippen molar-refractivity contribution in [2.24, 2.45) is 0 Å². The summed E-state index contributed by atoms with van der Waals surface area (Å²) in [6.45, 7) is 11.0. The molecule has 1 aliphatic rings. The fourth-order valence-corrected chi connectivity index (χ4v) is 4.91. The van der Waals surface area contributed by atoms with Crippen LogP contribution in [0.5, 0.6) is 0 Å². The summed E-state index contributed by atoms with van der Waals surface area (Å²) < 4.78 is 25.7. The number of amides is 1. The summed E-state index contributed by atoms with van der Waals surface area (Å²) in [7, 11) is 0. The van der Waals surface area contributed by atoms with Crippen LogP contribution in [0.1, 0.15) is 63.5 Å². The molecule has 1 saturated heterocycles. The lowest BCUT2D eigenvalue weighted by atomic mass is 9.73. The van der Waals surface area contributed by atoms with Crippen molar-refractivity contribution in [2.75, 3.05) is 19.7 Å². The van der Waals surface area contributed by atoms with Crippen LogP contribution in [0.4, 0.5) is 9.18 Å². The number of piperidine rings is 1. The van der Waals surface area contributed by atoms with Crippen molar-refractivity contribution in [2.45, 2.75) is 64.6 Å². The zero-order valence-electron chi connectivity index (χ0n) is 21.0. The Morgan fingerprint density at radius 2 is 1.89 bits per heavy atom. The monoisotopic (exact) mass is 501 g/mol. The summed E-state index contributed by atoms with van der Waals surface area (Å²) >= 11 is 6.39. The Morgan fingerprint density at radius 3 is 2.51 bits per heavy atom. The van der Waals surface area contributed by atoms with Gasteiger partial charge in [0.2, 0.25) is 0 Å². The maximum atomic E-state index is 13.7. The minimum atomic E-state index is -0.548. The van der Waals surface area contributed by atoms with Gasteiger partial charge in [-0.3, -0.25) is 5.10 Å². The molecule has 1 amide bonds. The summed E-state index contributed by atoms with van der Waals surface area (Å²) in [5.74, 6) is -0.278. The average Bonchev–Trinajstić information content (AvgIpc) is 3.17. The van der Waals surface area contributed by atoms with Gasteiger partial charge in [-0.05, 0) is 77.3 Å².